The lowest BCUT2D eigenvalue weighted by Crippen LogP contribution is -2.10. The molecule has 0 bridgehead atoms. The second-order valence-corrected chi connectivity index (χ2v) is 7.66. The molecule has 27 heavy (non-hydrogen) atoms. The highest BCUT2D eigenvalue weighted by molar-refractivity contribution is 8.04. The van der Waals surface area contributed by atoms with Crippen molar-refractivity contribution in [3.63, 3.8) is 0 Å². The van der Waals surface area contributed by atoms with E-state index in [-0.39, 0.29) is 12.3 Å². The quantitative estimate of drug-likeness (QED) is 0.568. The number of carboxylic acid groups (broad SMARTS) is 1. The lowest BCUT2D eigenvalue weighted by atomic mass is 9.93. The van der Waals surface area contributed by atoms with Gasteiger partial charge < -0.3 is 22.0 Å². The van der Waals surface area contributed by atoms with Crippen molar-refractivity contribution < 1.29 is 9.90 Å². The Kier molecular flexibility index (Phi) is 5.86. The highest BCUT2D eigenvalue weighted by atomic mass is 32.2. The first-order valence-corrected chi connectivity index (χ1v) is 9.82. The number of nitrogens with two attached hydrogens (primary N) is 2. The summed E-state index contributed by atoms with van der Waals surface area (Å²) in [5.74, 6) is 0.0498. The number of nitrogens with one attached hydrogen (secondary N) is 1. The standard InChI is InChI=1S/C21H23N3O2S/c22-16-10-8-15(9-11-16)19(23)21-20(24)17(12-27-21)14-6-4-13(5-7-14)2-1-3-18(25)26/h4-11,17,24H,1-3,12,22-23H2,(H,25,26)/b21-19+,24-20?. The van der Waals surface area contributed by atoms with Gasteiger partial charge >= 0.3 is 5.97 Å². The number of allylic oxidation sites excluding steroid dienone is 1. The van der Waals surface area contributed by atoms with Crippen LogP contribution >= 0.6 is 11.8 Å². The molecule has 6 heteroatoms. The van der Waals surface area contributed by atoms with Crippen LogP contribution in [0.4, 0.5) is 5.69 Å². The number of aliphatic carboxylic acids is 1. The van der Waals surface area contributed by atoms with E-state index in [4.69, 9.17) is 22.0 Å². The highest BCUT2D eigenvalue weighted by Crippen LogP contribution is 2.40. The topological polar surface area (TPSA) is 113 Å². The van der Waals surface area contributed by atoms with Crippen LogP contribution in [0.3, 0.4) is 0 Å². The molecule has 6 N–H and O–H groups in total. The fraction of sp³-hybridized carbons (Fsp3) is 0.238. The molecule has 0 amide bonds. The molecule has 1 atom stereocenters. The van der Waals surface area contributed by atoms with E-state index in [0.717, 1.165) is 33.8 Å². The zero-order chi connectivity index (χ0) is 19.4. The molecule has 2 aromatic rings. The number of rotatable bonds is 6. The number of carbonyl (C=O) groups is 1. The third-order valence-corrected chi connectivity index (χ3v) is 5.92. The summed E-state index contributed by atoms with van der Waals surface area (Å²) in [6.07, 6.45) is 1.57. The number of benzene rings is 2. The van der Waals surface area contributed by atoms with Crippen molar-refractivity contribution in [1.29, 1.82) is 5.41 Å². The van der Waals surface area contributed by atoms with Crippen LogP contribution in [0.15, 0.2) is 53.4 Å². The monoisotopic (exact) mass is 381 g/mol. The first-order valence-electron chi connectivity index (χ1n) is 8.83. The van der Waals surface area contributed by atoms with Gasteiger partial charge in [-0.15, -0.1) is 11.8 Å². The summed E-state index contributed by atoms with van der Waals surface area (Å²) in [5, 5.41) is 17.3. The van der Waals surface area contributed by atoms with Crippen molar-refractivity contribution in [2.24, 2.45) is 5.73 Å². The van der Waals surface area contributed by atoms with Crippen molar-refractivity contribution in [1.82, 2.24) is 0 Å². The Bertz CT molecular complexity index is 873. The molecule has 1 heterocycles. The molecule has 1 saturated heterocycles. The van der Waals surface area contributed by atoms with Crippen LogP contribution in [0.5, 0.6) is 0 Å². The largest absolute Gasteiger partial charge is 0.481 e. The van der Waals surface area contributed by atoms with Crippen LogP contribution in [0.2, 0.25) is 0 Å². The van der Waals surface area contributed by atoms with E-state index >= 15 is 0 Å². The molecule has 1 aliphatic rings. The van der Waals surface area contributed by atoms with Crippen LogP contribution < -0.4 is 11.5 Å². The maximum Gasteiger partial charge on any atom is 0.303 e. The van der Waals surface area contributed by atoms with Crippen LogP contribution in [-0.4, -0.2) is 22.5 Å². The summed E-state index contributed by atoms with van der Waals surface area (Å²) in [6.45, 7) is 0. The first-order chi connectivity index (χ1) is 13.0. The second kappa shape index (κ2) is 8.31. The molecule has 2 aromatic carbocycles. The number of anilines is 1. The average molecular weight is 382 g/mol. The SMILES string of the molecule is N=C1/C(=C(\N)c2ccc(N)cc2)SCC1c1ccc(CCCC(=O)O)cc1. The van der Waals surface area contributed by atoms with Gasteiger partial charge in [0, 0.05) is 23.8 Å². The first kappa shape index (κ1) is 19.0. The Morgan fingerprint density at radius 1 is 1.15 bits per heavy atom. The van der Waals surface area contributed by atoms with E-state index in [1.807, 2.05) is 48.5 Å². The molecule has 5 nitrogen and oxygen atoms in total. The Morgan fingerprint density at radius 3 is 2.44 bits per heavy atom. The smallest absolute Gasteiger partial charge is 0.303 e. The molecular formula is C21H23N3O2S. The Labute approximate surface area is 163 Å². The lowest BCUT2D eigenvalue weighted by Gasteiger charge is -2.12. The van der Waals surface area contributed by atoms with Gasteiger partial charge in [0.2, 0.25) is 0 Å². The molecule has 1 aliphatic heterocycles. The van der Waals surface area contributed by atoms with E-state index in [0.29, 0.717) is 23.5 Å². The van der Waals surface area contributed by atoms with Crippen molar-refractivity contribution in [3.05, 3.63) is 70.1 Å². The van der Waals surface area contributed by atoms with Gasteiger partial charge in [0.25, 0.3) is 0 Å². The predicted octanol–water partition coefficient (Wildman–Crippen LogP) is 3.85. The summed E-state index contributed by atoms with van der Waals surface area (Å²) in [6, 6.07) is 15.5. The lowest BCUT2D eigenvalue weighted by molar-refractivity contribution is -0.137. The summed E-state index contributed by atoms with van der Waals surface area (Å²) in [4.78, 5) is 11.4. The molecule has 1 unspecified atom stereocenters. The molecule has 0 saturated carbocycles. The van der Waals surface area contributed by atoms with E-state index in [1.165, 1.54) is 0 Å². The molecule has 0 radical (unpaired) electrons. The molecule has 0 aliphatic carbocycles. The average Bonchev–Trinajstić information content (AvgIpc) is 3.03. The van der Waals surface area contributed by atoms with Gasteiger partial charge in [-0.25, -0.2) is 0 Å². The number of hydrogen-bond donors (Lipinski definition) is 4. The highest BCUT2D eigenvalue weighted by Gasteiger charge is 2.30. The Hall–Kier alpha value is -2.73. The zero-order valence-corrected chi connectivity index (χ0v) is 15.8. The zero-order valence-electron chi connectivity index (χ0n) is 14.9. The number of carboxylic acids is 1. The van der Waals surface area contributed by atoms with Gasteiger partial charge in [-0.2, -0.15) is 0 Å². The number of aryl methyl sites for hydroxylation is 1. The normalized spacial score (nSPS) is 18.5. The van der Waals surface area contributed by atoms with E-state index in [2.05, 4.69) is 0 Å². The van der Waals surface area contributed by atoms with E-state index in [1.54, 1.807) is 11.8 Å². The number of hydrogen-bond acceptors (Lipinski definition) is 5. The number of nitrogen functional groups attached to an aromatic ring is 1. The van der Waals surface area contributed by atoms with Crippen molar-refractivity contribution >= 4 is 34.8 Å². The predicted molar refractivity (Wildman–Crippen MR) is 112 cm³/mol. The molecule has 3 rings (SSSR count). The minimum atomic E-state index is -0.763. The number of thioether (sulfide) groups is 1. The maximum atomic E-state index is 10.6. The van der Waals surface area contributed by atoms with Gasteiger partial charge in [0.15, 0.2) is 0 Å². The van der Waals surface area contributed by atoms with E-state index in [9.17, 15) is 4.79 Å². The van der Waals surface area contributed by atoms with Gasteiger partial charge in [0.1, 0.15) is 0 Å². The van der Waals surface area contributed by atoms with Crippen molar-refractivity contribution in [3.8, 4) is 0 Å². The molecule has 0 aromatic heterocycles. The van der Waals surface area contributed by atoms with Gasteiger partial charge in [-0.05, 0) is 41.7 Å². The Morgan fingerprint density at radius 2 is 1.81 bits per heavy atom. The summed E-state index contributed by atoms with van der Waals surface area (Å²) in [5.41, 5.74) is 17.0. The van der Waals surface area contributed by atoms with Crippen LogP contribution in [-0.2, 0) is 11.2 Å². The third kappa shape index (κ3) is 4.52. The molecule has 1 fully saturated rings. The van der Waals surface area contributed by atoms with Crippen molar-refractivity contribution in [2.45, 2.75) is 25.2 Å². The second-order valence-electron chi connectivity index (χ2n) is 6.63. The fourth-order valence-electron chi connectivity index (χ4n) is 3.13. The van der Waals surface area contributed by atoms with Crippen molar-refractivity contribution in [2.75, 3.05) is 11.5 Å². The molecule has 140 valence electrons. The molecular weight excluding hydrogens is 358 g/mol. The molecule has 0 spiro atoms. The van der Waals surface area contributed by atoms with Crippen LogP contribution in [0.25, 0.3) is 5.70 Å². The van der Waals surface area contributed by atoms with Gasteiger partial charge in [-0.1, -0.05) is 36.4 Å². The summed E-state index contributed by atoms with van der Waals surface area (Å²) in [7, 11) is 0. The minimum absolute atomic E-state index is 0.0189. The van der Waals surface area contributed by atoms with Gasteiger partial charge in [0.05, 0.1) is 16.3 Å². The Balaban J connectivity index is 1.72. The maximum absolute atomic E-state index is 10.6. The van der Waals surface area contributed by atoms with Crippen LogP contribution in [0.1, 0.15) is 35.4 Å². The summed E-state index contributed by atoms with van der Waals surface area (Å²) < 4.78 is 0. The summed E-state index contributed by atoms with van der Waals surface area (Å²) >= 11 is 1.62. The fourth-order valence-corrected chi connectivity index (χ4v) is 4.39. The van der Waals surface area contributed by atoms with Gasteiger partial charge in [-0.3, -0.25) is 4.79 Å². The third-order valence-electron chi connectivity index (χ3n) is 4.69. The van der Waals surface area contributed by atoms with Crippen LogP contribution in [0, 0.1) is 5.41 Å². The van der Waals surface area contributed by atoms with E-state index < -0.39 is 5.97 Å². The minimum Gasteiger partial charge on any atom is -0.481 e.